The number of rotatable bonds is 7. The zero-order valence-corrected chi connectivity index (χ0v) is 13.2. The smallest absolute Gasteiger partial charge is 0.208 e. The van der Waals surface area contributed by atoms with Crippen molar-refractivity contribution in [3.63, 3.8) is 0 Å². The van der Waals surface area contributed by atoms with Crippen molar-refractivity contribution in [2.45, 2.75) is 13.0 Å². The van der Waals surface area contributed by atoms with Gasteiger partial charge in [-0.3, -0.25) is 0 Å². The number of nitrogens with one attached hydrogen (secondary N) is 2. The highest BCUT2D eigenvalue weighted by atomic mass is 79.9. The SMILES string of the molecule is CS(=O)(=O)NCCCNCc1ccc(Br)cc1Cl. The Morgan fingerprint density at radius 3 is 2.67 bits per heavy atom. The van der Waals surface area contributed by atoms with Crippen LogP contribution in [0, 0.1) is 0 Å². The van der Waals surface area contributed by atoms with Crippen molar-refractivity contribution >= 4 is 37.6 Å². The van der Waals surface area contributed by atoms with E-state index in [-0.39, 0.29) is 0 Å². The number of hydrogen-bond acceptors (Lipinski definition) is 3. The molecule has 1 aromatic rings. The van der Waals surface area contributed by atoms with Crippen LogP contribution < -0.4 is 10.0 Å². The lowest BCUT2D eigenvalue weighted by atomic mass is 10.2. The van der Waals surface area contributed by atoms with Gasteiger partial charge in [-0.2, -0.15) is 0 Å². The molecule has 0 aliphatic carbocycles. The Bertz CT molecular complexity index is 494. The van der Waals surface area contributed by atoms with E-state index >= 15 is 0 Å². The third kappa shape index (κ3) is 6.70. The topological polar surface area (TPSA) is 58.2 Å². The minimum Gasteiger partial charge on any atom is -0.313 e. The summed E-state index contributed by atoms with van der Waals surface area (Å²) in [6.45, 7) is 1.85. The summed E-state index contributed by atoms with van der Waals surface area (Å²) in [4.78, 5) is 0. The highest BCUT2D eigenvalue weighted by Gasteiger charge is 2.01. The molecule has 2 N–H and O–H groups in total. The van der Waals surface area contributed by atoms with Gasteiger partial charge in [-0.15, -0.1) is 0 Å². The molecule has 18 heavy (non-hydrogen) atoms. The van der Waals surface area contributed by atoms with E-state index < -0.39 is 10.0 Å². The molecule has 0 atom stereocenters. The van der Waals surface area contributed by atoms with Crippen LogP contribution in [0.4, 0.5) is 0 Å². The van der Waals surface area contributed by atoms with E-state index in [0.29, 0.717) is 18.1 Å². The Kier molecular flexibility index (Phi) is 6.59. The van der Waals surface area contributed by atoms with Crippen LogP contribution in [-0.4, -0.2) is 27.8 Å². The van der Waals surface area contributed by atoms with E-state index in [0.717, 1.165) is 29.3 Å². The summed E-state index contributed by atoms with van der Waals surface area (Å²) in [6.07, 6.45) is 1.89. The Morgan fingerprint density at radius 2 is 2.06 bits per heavy atom. The quantitative estimate of drug-likeness (QED) is 0.737. The molecular formula is C11H16BrClN2O2S. The number of benzene rings is 1. The molecule has 0 aliphatic heterocycles. The molecule has 0 unspecified atom stereocenters. The molecule has 0 saturated heterocycles. The van der Waals surface area contributed by atoms with Crippen molar-refractivity contribution in [2.24, 2.45) is 0 Å². The second-order valence-electron chi connectivity index (χ2n) is 3.93. The fourth-order valence-electron chi connectivity index (χ4n) is 1.36. The molecule has 0 amide bonds. The highest BCUT2D eigenvalue weighted by molar-refractivity contribution is 9.10. The van der Waals surface area contributed by atoms with E-state index in [9.17, 15) is 8.42 Å². The zero-order chi connectivity index (χ0) is 13.6. The standard InChI is InChI=1S/C11H16BrClN2O2S/c1-18(16,17)15-6-2-5-14-8-9-3-4-10(12)7-11(9)13/h3-4,7,14-15H,2,5-6,8H2,1H3. The van der Waals surface area contributed by atoms with Gasteiger partial charge < -0.3 is 5.32 Å². The third-order valence-corrected chi connectivity index (χ3v) is 3.80. The van der Waals surface area contributed by atoms with Crippen molar-refractivity contribution in [3.05, 3.63) is 33.3 Å². The Labute approximate surface area is 121 Å². The van der Waals surface area contributed by atoms with Crippen LogP contribution in [-0.2, 0) is 16.6 Å². The maximum absolute atomic E-state index is 10.8. The summed E-state index contributed by atoms with van der Waals surface area (Å²) in [5, 5.41) is 3.93. The second kappa shape index (κ2) is 7.45. The first-order valence-electron chi connectivity index (χ1n) is 5.48. The minimum absolute atomic E-state index is 0.444. The van der Waals surface area contributed by atoms with Gasteiger partial charge in [0.25, 0.3) is 0 Å². The molecule has 1 rings (SSSR count). The van der Waals surface area contributed by atoms with Crippen LogP contribution in [0.15, 0.2) is 22.7 Å². The van der Waals surface area contributed by atoms with Crippen molar-refractivity contribution in [1.29, 1.82) is 0 Å². The van der Waals surface area contributed by atoms with Crippen LogP contribution in [0.25, 0.3) is 0 Å². The first kappa shape index (κ1) is 15.9. The molecule has 7 heteroatoms. The minimum atomic E-state index is -3.08. The lowest BCUT2D eigenvalue weighted by molar-refractivity contribution is 0.579. The summed E-state index contributed by atoms with van der Waals surface area (Å²) in [7, 11) is -3.08. The molecule has 0 radical (unpaired) electrons. The molecule has 102 valence electrons. The maximum atomic E-state index is 10.8. The van der Waals surface area contributed by atoms with Crippen LogP contribution in [0.1, 0.15) is 12.0 Å². The van der Waals surface area contributed by atoms with Gasteiger partial charge in [-0.1, -0.05) is 33.6 Å². The predicted molar refractivity (Wildman–Crippen MR) is 78.3 cm³/mol. The summed E-state index contributed by atoms with van der Waals surface area (Å²) in [5.41, 5.74) is 1.02. The van der Waals surface area contributed by atoms with Gasteiger partial charge >= 0.3 is 0 Å². The second-order valence-corrected chi connectivity index (χ2v) is 7.09. The Morgan fingerprint density at radius 1 is 1.33 bits per heavy atom. The van der Waals surface area contributed by atoms with Crippen LogP contribution in [0.3, 0.4) is 0 Å². The molecule has 0 aromatic heterocycles. The fourth-order valence-corrected chi connectivity index (χ4v) is 2.61. The van der Waals surface area contributed by atoms with Crippen molar-refractivity contribution < 1.29 is 8.42 Å². The molecule has 0 spiro atoms. The number of halogens is 2. The lowest BCUT2D eigenvalue weighted by Gasteiger charge is -2.07. The summed E-state index contributed by atoms with van der Waals surface area (Å²) < 4.78 is 25.0. The maximum Gasteiger partial charge on any atom is 0.208 e. The molecule has 0 fully saturated rings. The predicted octanol–water partition coefficient (Wildman–Crippen LogP) is 2.13. The van der Waals surface area contributed by atoms with Gasteiger partial charge in [0, 0.05) is 22.6 Å². The average Bonchev–Trinajstić information content (AvgIpc) is 2.24. The summed E-state index contributed by atoms with van der Waals surface area (Å²) >= 11 is 9.41. The van der Waals surface area contributed by atoms with Gasteiger partial charge in [0.1, 0.15) is 0 Å². The monoisotopic (exact) mass is 354 g/mol. The van der Waals surface area contributed by atoms with Crippen molar-refractivity contribution in [3.8, 4) is 0 Å². The first-order valence-corrected chi connectivity index (χ1v) is 8.54. The molecule has 0 aliphatic rings. The first-order chi connectivity index (χ1) is 8.38. The molecule has 0 heterocycles. The molecule has 1 aromatic carbocycles. The average molecular weight is 356 g/mol. The van der Waals surface area contributed by atoms with Gasteiger partial charge in [-0.05, 0) is 30.7 Å². The normalized spacial score (nSPS) is 11.7. The Hall–Kier alpha value is -0.140. The van der Waals surface area contributed by atoms with Crippen LogP contribution >= 0.6 is 27.5 Å². The van der Waals surface area contributed by atoms with Gasteiger partial charge in [0.15, 0.2) is 0 Å². The van der Waals surface area contributed by atoms with Crippen LogP contribution in [0.5, 0.6) is 0 Å². The third-order valence-electron chi connectivity index (χ3n) is 2.23. The molecule has 0 bridgehead atoms. The van der Waals surface area contributed by atoms with Crippen molar-refractivity contribution in [2.75, 3.05) is 19.3 Å². The van der Waals surface area contributed by atoms with E-state index in [4.69, 9.17) is 11.6 Å². The van der Waals surface area contributed by atoms with Crippen molar-refractivity contribution in [1.82, 2.24) is 10.0 Å². The van der Waals surface area contributed by atoms with E-state index in [1.807, 2.05) is 18.2 Å². The Balaban J connectivity index is 2.22. The zero-order valence-electron chi connectivity index (χ0n) is 10.0. The molecular weight excluding hydrogens is 340 g/mol. The van der Waals surface area contributed by atoms with Gasteiger partial charge in [-0.25, -0.2) is 13.1 Å². The van der Waals surface area contributed by atoms with Gasteiger partial charge in [0.05, 0.1) is 6.26 Å². The van der Waals surface area contributed by atoms with E-state index in [2.05, 4.69) is 26.0 Å². The number of hydrogen-bond donors (Lipinski definition) is 2. The van der Waals surface area contributed by atoms with Gasteiger partial charge in [0.2, 0.25) is 10.0 Å². The van der Waals surface area contributed by atoms with E-state index in [1.165, 1.54) is 0 Å². The lowest BCUT2D eigenvalue weighted by Crippen LogP contribution is -2.26. The molecule has 0 saturated carbocycles. The highest BCUT2D eigenvalue weighted by Crippen LogP contribution is 2.20. The summed E-state index contributed by atoms with van der Waals surface area (Å²) in [5.74, 6) is 0. The number of sulfonamides is 1. The largest absolute Gasteiger partial charge is 0.313 e. The fraction of sp³-hybridized carbons (Fsp3) is 0.455. The van der Waals surface area contributed by atoms with Crippen LogP contribution in [0.2, 0.25) is 5.02 Å². The van der Waals surface area contributed by atoms with E-state index in [1.54, 1.807) is 0 Å². The summed E-state index contributed by atoms with van der Waals surface area (Å²) in [6, 6.07) is 5.74. The molecule has 4 nitrogen and oxygen atoms in total.